The normalized spacial score (nSPS) is 17.3. The van der Waals surface area contributed by atoms with Crippen molar-refractivity contribution in [2.24, 2.45) is 0 Å². The average molecular weight is 216 g/mol. The van der Waals surface area contributed by atoms with Crippen molar-refractivity contribution >= 4 is 18.2 Å². The van der Waals surface area contributed by atoms with Crippen LogP contribution in [0.25, 0.3) is 0 Å². The lowest BCUT2D eigenvalue weighted by atomic mass is 10.4. The Hall–Kier alpha value is -1.21. The van der Waals surface area contributed by atoms with Crippen molar-refractivity contribution in [3.63, 3.8) is 0 Å². The fourth-order valence-electron chi connectivity index (χ4n) is 1.68. The minimum absolute atomic E-state index is 1.25. The molecule has 2 aromatic rings. The molecule has 0 amide bonds. The Morgan fingerprint density at radius 2 is 1.13 bits per heavy atom. The van der Waals surface area contributed by atoms with Crippen LogP contribution in [0.5, 0.6) is 0 Å². The van der Waals surface area contributed by atoms with E-state index in [-0.39, 0.29) is 0 Å². The first-order valence-corrected chi connectivity index (χ1v) is 6.59. The summed E-state index contributed by atoms with van der Waals surface area (Å²) in [5.41, 5.74) is 0. The lowest BCUT2D eigenvalue weighted by Gasteiger charge is -1.99. The lowest BCUT2D eigenvalue weighted by molar-refractivity contribution is 0.466. The van der Waals surface area contributed by atoms with E-state index in [0.29, 0.717) is 0 Å². The van der Waals surface area contributed by atoms with Crippen molar-refractivity contribution in [3.8, 4) is 0 Å². The summed E-state index contributed by atoms with van der Waals surface area (Å²) < 4.78 is 5.53. The van der Waals surface area contributed by atoms with Gasteiger partial charge >= 0.3 is 7.64 Å². The molecule has 1 fully saturated rings. The number of rotatable bonds is 2. The molecule has 3 heteroatoms. The summed E-state index contributed by atoms with van der Waals surface area (Å²) in [5, 5.41) is 5.58. The fourth-order valence-corrected chi connectivity index (χ4v) is 3.91. The van der Waals surface area contributed by atoms with Crippen LogP contribution in [0.2, 0.25) is 0 Å². The molecule has 1 saturated heterocycles. The maximum Gasteiger partial charge on any atom is 0.337 e. The van der Waals surface area contributed by atoms with Gasteiger partial charge in [0, 0.05) is 5.25 Å². The minimum atomic E-state index is -1.65. The summed E-state index contributed by atoms with van der Waals surface area (Å²) in [4.78, 5) is 0. The van der Waals surface area contributed by atoms with Gasteiger partial charge < -0.3 is 0 Å². The van der Waals surface area contributed by atoms with Gasteiger partial charge in [0.05, 0.1) is 0 Å². The van der Waals surface area contributed by atoms with Gasteiger partial charge in [-0.15, -0.1) is 0 Å². The van der Waals surface area contributed by atoms with Gasteiger partial charge in [-0.25, -0.2) is 0 Å². The third-order valence-electron chi connectivity index (χ3n) is 2.51. The van der Waals surface area contributed by atoms with E-state index in [0.717, 1.165) is 0 Å². The minimum Gasteiger partial charge on any atom is -0.0828 e. The molecule has 0 saturated carbocycles. The largest absolute Gasteiger partial charge is 0.337 e. The van der Waals surface area contributed by atoms with Gasteiger partial charge in [-0.2, -0.15) is 0 Å². The number of benzene rings is 2. The summed E-state index contributed by atoms with van der Waals surface area (Å²) in [6.45, 7) is 0. The van der Waals surface area contributed by atoms with Crippen molar-refractivity contribution in [1.82, 2.24) is 5.25 Å². The van der Waals surface area contributed by atoms with Crippen molar-refractivity contribution in [2.45, 2.75) is 0 Å². The van der Waals surface area contributed by atoms with Crippen LogP contribution in [-0.4, -0.2) is 0 Å². The molecule has 0 aromatic heterocycles. The topological polar surface area (TPSA) is 34.5 Å². The Balaban J connectivity index is 2.06. The van der Waals surface area contributed by atoms with E-state index in [2.05, 4.69) is 29.5 Å². The Labute approximate surface area is 89.3 Å². The molecule has 0 radical (unpaired) electrons. The van der Waals surface area contributed by atoms with Crippen molar-refractivity contribution in [3.05, 3.63) is 60.7 Å². The van der Waals surface area contributed by atoms with Crippen LogP contribution in [0.4, 0.5) is 0 Å². The second-order valence-corrected chi connectivity index (χ2v) is 6.08. The highest BCUT2D eigenvalue weighted by atomic mass is 31.2. The van der Waals surface area contributed by atoms with E-state index in [9.17, 15) is 0 Å². The smallest absolute Gasteiger partial charge is 0.0828 e. The zero-order chi connectivity index (χ0) is 10.1. The van der Waals surface area contributed by atoms with Crippen molar-refractivity contribution in [2.75, 3.05) is 0 Å². The van der Waals surface area contributed by atoms with E-state index < -0.39 is 7.64 Å². The van der Waals surface area contributed by atoms with Gasteiger partial charge in [0.1, 0.15) is 0 Å². The van der Waals surface area contributed by atoms with Gasteiger partial charge in [0.25, 0.3) is 0 Å². The molecule has 2 nitrogen and oxygen atoms in total. The quantitative estimate of drug-likeness (QED) is 0.615. The molecular weight excluding hydrogens is 205 g/mol. The third kappa shape index (κ3) is 1.47. The molecular formula is C12H11NOP+. The molecule has 0 spiro atoms. The molecule has 0 atom stereocenters. The highest BCUT2D eigenvalue weighted by Gasteiger charge is 2.62. The molecule has 2 aromatic carbocycles. The number of hydrogen-bond acceptors (Lipinski definition) is 2. The van der Waals surface area contributed by atoms with Crippen LogP contribution in [0.15, 0.2) is 60.7 Å². The molecule has 1 N–H and O–H groups in total. The maximum absolute atomic E-state index is 5.53. The van der Waals surface area contributed by atoms with E-state index in [1.54, 1.807) is 0 Å². The summed E-state index contributed by atoms with van der Waals surface area (Å²) in [6.07, 6.45) is 0. The van der Waals surface area contributed by atoms with Crippen LogP contribution < -0.4 is 15.9 Å². The van der Waals surface area contributed by atoms with Crippen LogP contribution in [0, 0.1) is 0 Å². The van der Waals surface area contributed by atoms with Gasteiger partial charge in [0.2, 0.25) is 0 Å². The van der Waals surface area contributed by atoms with E-state index in [1.165, 1.54) is 10.6 Å². The molecule has 3 rings (SSSR count). The maximum atomic E-state index is 5.53. The summed E-state index contributed by atoms with van der Waals surface area (Å²) >= 11 is 0. The third-order valence-corrected chi connectivity index (χ3v) is 5.11. The molecule has 15 heavy (non-hydrogen) atoms. The van der Waals surface area contributed by atoms with Crippen LogP contribution in [0.1, 0.15) is 0 Å². The fraction of sp³-hybridized carbons (Fsp3) is 0. The van der Waals surface area contributed by atoms with Crippen LogP contribution in [0.3, 0.4) is 0 Å². The Bertz CT molecular complexity index is 412. The number of nitrogens with one attached hydrogen (secondary N) is 1. The zero-order valence-electron chi connectivity index (χ0n) is 8.13. The first kappa shape index (κ1) is 9.05. The van der Waals surface area contributed by atoms with Gasteiger partial charge in [-0.05, 0) is 24.3 Å². The molecule has 74 valence electrons. The highest BCUT2D eigenvalue weighted by molar-refractivity contribution is 7.87. The molecule has 1 heterocycles. The highest BCUT2D eigenvalue weighted by Crippen LogP contribution is 2.64. The zero-order valence-corrected chi connectivity index (χ0v) is 9.02. The predicted molar refractivity (Wildman–Crippen MR) is 63.3 cm³/mol. The van der Waals surface area contributed by atoms with Crippen LogP contribution in [-0.2, 0) is 4.62 Å². The average Bonchev–Trinajstić information content (AvgIpc) is 3.13. The Morgan fingerprint density at radius 1 is 0.733 bits per heavy atom. The molecule has 0 unspecified atom stereocenters. The lowest BCUT2D eigenvalue weighted by Crippen LogP contribution is -2.14. The standard InChI is InChI=1S/C12H11NOP/c1-3-7-11(8-4-1)15(13-14-15)12-9-5-2-6-10-12/h1-10,13H/q+1. The van der Waals surface area contributed by atoms with E-state index >= 15 is 0 Å². The SMILES string of the molecule is c1ccc([P+]2(c3ccccc3)NO2)cc1. The van der Waals surface area contributed by atoms with E-state index in [4.69, 9.17) is 4.62 Å². The molecule has 0 aliphatic carbocycles. The first-order valence-electron chi connectivity index (χ1n) is 4.88. The molecule has 1 aliphatic rings. The first-order chi connectivity index (χ1) is 7.42. The van der Waals surface area contributed by atoms with Crippen molar-refractivity contribution in [1.29, 1.82) is 0 Å². The molecule has 1 aliphatic heterocycles. The Kier molecular flexibility index (Phi) is 2.06. The molecule has 0 bridgehead atoms. The number of hydrogen-bond donors (Lipinski definition) is 1. The predicted octanol–water partition coefficient (Wildman–Crippen LogP) is 2.02. The second kappa shape index (κ2) is 3.42. The van der Waals surface area contributed by atoms with Gasteiger partial charge in [-0.3, -0.25) is 0 Å². The Morgan fingerprint density at radius 3 is 1.47 bits per heavy atom. The van der Waals surface area contributed by atoms with Gasteiger partial charge in [0.15, 0.2) is 10.6 Å². The summed E-state index contributed by atoms with van der Waals surface area (Å²) in [5.74, 6) is 0. The van der Waals surface area contributed by atoms with Crippen molar-refractivity contribution < 1.29 is 4.62 Å². The monoisotopic (exact) mass is 216 g/mol. The summed E-state index contributed by atoms with van der Waals surface area (Å²) in [6, 6.07) is 20.7. The van der Waals surface area contributed by atoms with Gasteiger partial charge in [-0.1, -0.05) is 41.0 Å². The van der Waals surface area contributed by atoms with Crippen LogP contribution >= 0.6 is 7.64 Å². The summed E-state index contributed by atoms with van der Waals surface area (Å²) in [7, 11) is -1.65. The van der Waals surface area contributed by atoms with E-state index in [1.807, 2.05) is 36.4 Å². The second-order valence-electron chi connectivity index (χ2n) is 3.46.